The van der Waals surface area contributed by atoms with E-state index < -0.39 is 57.8 Å². The highest BCUT2D eigenvalue weighted by Crippen LogP contribution is 2.43. The minimum absolute atomic E-state index is 0.156. The maximum absolute atomic E-state index is 12.9. The molecule has 0 heterocycles. The predicted molar refractivity (Wildman–Crippen MR) is 325 cm³/mol. The molecule has 3 atom stereocenters. The first-order valence-electron chi connectivity index (χ1n) is 31.8. The molecule has 0 radical (unpaired) electrons. The number of aliphatic hydroxyl groups is 1. The Morgan fingerprint density at radius 1 is 0.372 bits per heavy atom. The van der Waals surface area contributed by atoms with Gasteiger partial charge in [-0.25, -0.2) is 4.57 Å². The standard InChI is InChI=1S/C66H117O11P/c1-4-7-10-13-16-19-22-25-28-30-31-33-35-37-40-43-46-49-52-55-64(68)73-59-63(77-66(70)57-54-51-48-45-42-39-36-32-29-26-23-20-17-14-11-8-5-2)61-75-78(71,72)74-60-62(58-67)76-65(69)56-53-50-47-44-41-38-34-27-24-21-18-15-12-9-6-3/h9,12,16,18-19,21,25-29,34,62-63,67H,4-8,10-11,13-15,17,20,22-24,30-33,35-61H2,1-3H3,(H,71,72)/b12-9-,19-16-,21-18-,28-25-,29-26-,34-27-. The molecule has 0 rings (SSSR count). The first-order valence-corrected chi connectivity index (χ1v) is 33.3. The molecule has 2 N–H and O–H groups in total. The van der Waals surface area contributed by atoms with Crippen LogP contribution in [0.2, 0.25) is 0 Å². The van der Waals surface area contributed by atoms with Crippen LogP contribution in [0.25, 0.3) is 0 Å². The quantitative estimate of drug-likeness (QED) is 0.0197. The zero-order valence-electron chi connectivity index (χ0n) is 50.1. The molecule has 452 valence electrons. The lowest BCUT2D eigenvalue weighted by atomic mass is 10.1. The molecule has 0 aromatic rings. The van der Waals surface area contributed by atoms with Gasteiger partial charge in [-0.15, -0.1) is 0 Å². The van der Waals surface area contributed by atoms with E-state index in [9.17, 15) is 28.9 Å². The number of esters is 3. The molecular weight excluding hydrogens is 1000 g/mol. The Balaban J connectivity index is 4.72. The molecular formula is C66H117O11P. The Bertz CT molecular complexity index is 1590. The highest BCUT2D eigenvalue weighted by atomic mass is 31.2. The van der Waals surface area contributed by atoms with Gasteiger partial charge < -0.3 is 24.2 Å². The van der Waals surface area contributed by atoms with Crippen LogP contribution in [0.5, 0.6) is 0 Å². The van der Waals surface area contributed by atoms with Crippen molar-refractivity contribution in [2.75, 3.05) is 26.4 Å². The average molecular weight is 1120 g/mol. The van der Waals surface area contributed by atoms with Crippen LogP contribution in [0.3, 0.4) is 0 Å². The van der Waals surface area contributed by atoms with Crippen molar-refractivity contribution in [3.63, 3.8) is 0 Å². The molecule has 0 aliphatic carbocycles. The third-order valence-electron chi connectivity index (χ3n) is 13.6. The van der Waals surface area contributed by atoms with E-state index in [-0.39, 0.29) is 25.9 Å². The summed E-state index contributed by atoms with van der Waals surface area (Å²) < 4.78 is 39.7. The van der Waals surface area contributed by atoms with Gasteiger partial charge in [0.2, 0.25) is 0 Å². The summed E-state index contributed by atoms with van der Waals surface area (Å²) in [6, 6.07) is 0. The fraction of sp³-hybridized carbons (Fsp3) is 0.773. The van der Waals surface area contributed by atoms with E-state index in [1.807, 2.05) is 0 Å². The molecule has 0 fully saturated rings. The van der Waals surface area contributed by atoms with Gasteiger partial charge in [0.05, 0.1) is 19.8 Å². The molecule has 78 heavy (non-hydrogen) atoms. The Morgan fingerprint density at radius 2 is 0.667 bits per heavy atom. The molecule has 0 amide bonds. The molecule has 0 aliphatic rings. The van der Waals surface area contributed by atoms with Gasteiger partial charge in [-0.2, -0.15) is 0 Å². The monoisotopic (exact) mass is 1120 g/mol. The molecule has 12 heteroatoms. The fourth-order valence-electron chi connectivity index (χ4n) is 8.75. The maximum Gasteiger partial charge on any atom is 0.472 e. The largest absolute Gasteiger partial charge is 0.472 e. The van der Waals surface area contributed by atoms with Gasteiger partial charge in [0.25, 0.3) is 0 Å². The Labute approximate surface area is 478 Å². The van der Waals surface area contributed by atoms with Gasteiger partial charge in [-0.05, 0) is 109 Å². The molecule has 0 bridgehead atoms. The predicted octanol–water partition coefficient (Wildman–Crippen LogP) is 19.3. The summed E-state index contributed by atoms with van der Waals surface area (Å²) >= 11 is 0. The highest BCUT2D eigenvalue weighted by Gasteiger charge is 2.28. The maximum atomic E-state index is 12.9. The lowest BCUT2D eigenvalue weighted by molar-refractivity contribution is -0.161. The Hall–Kier alpha value is -3.08. The number of phosphoric ester groups is 1. The fourth-order valence-corrected chi connectivity index (χ4v) is 9.53. The van der Waals surface area contributed by atoms with Crippen LogP contribution in [0.1, 0.15) is 290 Å². The summed E-state index contributed by atoms with van der Waals surface area (Å²) in [7, 11) is -4.76. The number of rotatable bonds is 59. The van der Waals surface area contributed by atoms with Gasteiger partial charge >= 0.3 is 25.7 Å². The van der Waals surface area contributed by atoms with Crippen molar-refractivity contribution in [2.45, 2.75) is 303 Å². The van der Waals surface area contributed by atoms with Gasteiger partial charge in [0.15, 0.2) is 6.10 Å². The van der Waals surface area contributed by atoms with E-state index >= 15 is 0 Å². The van der Waals surface area contributed by atoms with Gasteiger partial charge in [-0.1, -0.05) is 235 Å². The van der Waals surface area contributed by atoms with E-state index in [0.29, 0.717) is 19.3 Å². The summed E-state index contributed by atoms with van der Waals surface area (Å²) in [5, 5.41) is 9.84. The number of unbranched alkanes of at least 4 members (excludes halogenated alkanes) is 30. The number of carbonyl (C=O) groups is 3. The number of hydrogen-bond acceptors (Lipinski definition) is 10. The molecule has 0 saturated carbocycles. The van der Waals surface area contributed by atoms with Gasteiger partial charge in [0, 0.05) is 19.3 Å². The van der Waals surface area contributed by atoms with Crippen molar-refractivity contribution in [2.24, 2.45) is 0 Å². The van der Waals surface area contributed by atoms with Crippen molar-refractivity contribution >= 4 is 25.7 Å². The van der Waals surface area contributed by atoms with E-state index in [1.165, 1.54) is 116 Å². The number of allylic oxidation sites excluding steroid dienone is 12. The van der Waals surface area contributed by atoms with Crippen molar-refractivity contribution in [1.82, 2.24) is 0 Å². The number of hydrogen-bond donors (Lipinski definition) is 2. The summed E-state index contributed by atoms with van der Waals surface area (Å²) in [5.41, 5.74) is 0. The Morgan fingerprint density at radius 3 is 1.06 bits per heavy atom. The molecule has 0 aromatic carbocycles. The number of aliphatic hydroxyl groups excluding tert-OH is 1. The zero-order chi connectivity index (χ0) is 56.9. The smallest absolute Gasteiger partial charge is 0.462 e. The van der Waals surface area contributed by atoms with Crippen molar-refractivity contribution < 1.29 is 52.2 Å². The first kappa shape index (κ1) is 74.9. The zero-order valence-corrected chi connectivity index (χ0v) is 51.0. The van der Waals surface area contributed by atoms with Gasteiger partial charge in [0.1, 0.15) is 12.7 Å². The average Bonchev–Trinajstić information content (AvgIpc) is 3.43. The summed E-state index contributed by atoms with van der Waals surface area (Å²) in [6.07, 6.45) is 68.5. The van der Waals surface area contributed by atoms with Crippen LogP contribution < -0.4 is 0 Å². The van der Waals surface area contributed by atoms with Crippen LogP contribution in [0, 0.1) is 0 Å². The van der Waals surface area contributed by atoms with Crippen LogP contribution in [0.15, 0.2) is 72.9 Å². The van der Waals surface area contributed by atoms with Crippen molar-refractivity contribution in [3.8, 4) is 0 Å². The third-order valence-corrected chi connectivity index (χ3v) is 14.5. The van der Waals surface area contributed by atoms with Crippen molar-refractivity contribution in [1.29, 1.82) is 0 Å². The molecule has 0 saturated heterocycles. The number of ether oxygens (including phenoxy) is 3. The van der Waals surface area contributed by atoms with Crippen LogP contribution in [-0.2, 0) is 42.2 Å². The van der Waals surface area contributed by atoms with E-state index in [1.54, 1.807) is 0 Å². The molecule has 0 aliphatic heterocycles. The van der Waals surface area contributed by atoms with Crippen LogP contribution in [-0.4, -0.2) is 66.5 Å². The van der Waals surface area contributed by atoms with Crippen LogP contribution >= 0.6 is 7.82 Å². The summed E-state index contributed by atoms with van der Waals surface area (Å²) in [5.74, 6) is -1.48. The van der Waals surface area contributed by atoms with E-state index in [4.69, 9.17) is 23.3 Å². The second-order valence-electron chi connectivity index (χ2n) is 21.2. The van der Waals surface area contributed by atoms with E-state index in [2.05, 4.69) is 93.7 Å². The van der Waals surface area contributed by atoms with Crippen molar-refractivity contribution in [3.05, 3.63) is 72.9 Å². The molecule has 0 spiro atoms. The van der Waals surface area contributed by atoms with E-state index in [0.717, 1.165) is 116 Å². The first-order chi connectivity index (χ1) is 38.2. The minimum Gasteiger partial charge on any atom is -0.462 e. The summed E-state index contributed by atoms with van der Waals surface area (Å²) in [4.78, 5) is 48.7. The lowest BCUT2D eigenvalue weighted by Crippen LogP contribution is -2.30. The SMILES string of the molecule is CC/C=C\C/C=C\C/C=C\CCCCCCCC(=O)OC(CO)COP(=O)(O)OCC(COC(=O)CCCCCCCCCCC/C=C\C/C=C\CCCCC)OC(=O)CCCCCCCCC/C=C\CCCCCCCC. The Kier molecular flexibility index (Phi) is 57.7. The number of carbonyl (C=O) groups excluding carboxylic acids is 3. The topological polar surface area (TPSA) is 155 Å². The normalized spacial score (nSPS) is 13.8. The third kappa shape index (κ3) is 57.6. The van der Waals surface area contributed by atoms with Gasteiger partial charge in [-0.3, -0.25) is 23.4 Å². The molecule has 0 aromatic heterocycles. The van der Waals surface area contributed by atoms with Crippen LogP contribution in [0.4, 0.5) is 0 Å². The second kappa shape index (κ2) is 60.0. The lowest BCUT2D eigenvalue weighted by Gasteiger charge is -2.21. The summed E-state index contributed by atoms with van der Waals surface area (Å²) in [6.45, 7) is 4.51. The minimum atomic E-state index is -4.76. The molecule has 11 nitrogen and oxygen atoms in total. The molecule has 3 unspecified atom stereocenters. The number of phosphoric acid groups is 1. The second-order valence-corrected chi connectivity index (χ2v) is 22.6. The highest BCUT2D eigenvalue weighted by molar-refractivity contribution is 7.47.